The third kappa shape index (κ3) is 4.32. The van der Waals surface area contributed by atoms with Crippen LogP contribution in [0.5, 0.6) is 0 Å². The molecule has 5 nitrogen and oxygen atoms in total. The zero-order valence-electron chi connectivity index (χ0n) is 16.8. The van der Waals surface area contributed by atoms with Crippen LogP contribution in [-0.4, -0.2) is 19.4 Å². The van der Waals surface area contributed by atoms with Crippen molar-refractivity contribution >= 4 is 43.9 Å². The van der Waals surface area contributed by atoms with Crippen molar-refractivity contribution in [3.63, 3.8) is 0 Å². The summed E-state index contributed by atoms with van der Waals surface area (Å²) < 4.78 is 41.5. The van der Waals surface area contributed by atoms with E-state index in [-0.39, 0.29) is 16.0 Å². The summed E-state index contributed by atoms with van der Waals surface area (Å²) in [5, 5.41) is 4.14. The fourth-order valence-electron chi connectivity index (χ4n) is 3.50. The Kier molecular flexibility index (Phi) is 5.33. The van der Waals surface area contributed by atoms with Gasteiger partial charge in [0.2, 0.25) is 10.0 Å². The summed E-state index contributed by atoms with van der Waals surface area (Å²) in [6.07, 6.45) is 3.45. The minimum atomic E-state index is -3.54. The summed E-state index contributed by atoms with van der Waals surface area (Å²) in [6, 6.07) is 18.9. The van der Waals surface area contributed by atoms with Crippen LogP contribution in [-0.2, 0) is 10.0 Å². The molecule has 1 aromatic heterocycles. The lowest BCUT2D eigenvalue weighted by molar-refractivity contribution is 0.581. The van der Waals surface area contributed by atoms with E-state index >= 15 is 0 Å². The Morgan fingerprint density at radius 1 is 0.969 bits per heavy atom. The van der Waals surface area contributed by atoms with E-state index in [4.69, 9.17) is 11.6 Å². The fourth-order valence-corrected chi connectivity index (χ4v) is 5.03. The molecule has 1 aliphatic carbocycles. The monoisotopic (exact) mass is 467 g/mol. The Labute approximate surface area is 190 Å². The smallest absolute Gasteiger partial charge is 0.240 e. The van der Waals surface area contributed by atoms with Crippen molar-refractivity contribution in [2.24, 2.45) is 0 Å². The second-order valence-corrected chi connectivity index (χ2v) is 9.89. The predicted octanol–water partition coefficient (Wildman–Crippen LogP) is 5.88. The average Bonchev–Trinajstić information content (AvgIpc) is 3.60. The van der Waals surface area contributed by atoms with E-state index in [1.807, 2.05) is 30.3 Å². The fraction of sp³-hybridized carbons (Fsp3) is 0.125. The Bertz CT molecular complexity index is 1440. The molecule has 0 bridgehead atoms. The lowest BCUT2D eigenvalue weighted by Crippen LogP contribution is -2.25. The first-order valence-corrected chi connectivity index (χ1v) is 12.0. The van der Waals surface area contributed by atoms with Crippen LogP contribution in [0, 0.1) is 5.82 Å². The number of nitrogens with one attached hydrogen (secondary N) is 2. The van der Waals surface area contributed by atoms with Crippen LogP contribution in [0.15, 0.2) is 77.8 Å². The van der Waals surface area contributed by atoms with Crippen molar-refractivity contribution in [3.05, 3.63) is 83.8 Å². The zero-order chi connectivity index (χ0) is 22.3. The summed E-state index contributed by atoms with van der Waals surface area (Å²) in [6.45, 7) is 0. The molecule has 1 heterocycles. The van der Waals surface area contributed by atoms with Gasteiger partial charge in [0.25, 0.3) is 0 Å². The Hall–Kier alpha value is -3.00. The van der Waals surface area contributed by atoms with Crippen LogP contribution in [0.25, 0.3) is 22.0 Å². The zero-order valence-corrected chi connectivity index (χ0v) is 18.4. The Morgan fingerprint density at radius 3 is 2.56 bits per heavy atom. The minimum absolute atomic E-state index is 0.0342. The van der Waals surface area contributed by atoms with Gasteiger partial charge in [-0.25, -0.2) is 17.5 Å². The van der Waals surface area contributed by atoms with Crippen LogP contribution >= 0.6 is 11.6 Å². The molecule has 0 unspecified atom stereocenters. The molecule has 8 heteroatoms. The Morgan fingerprint density at radius 2 is 1.78 bits per heavy atom. The molecule has 32 heavy (non-hydrogen) atoms. The van der Waals surface area contributed by atoms with Gasteiger partial charge in [0.15, 0.2) is 0 Å². The topological polar surface area (TPSA) is 71.1 Å². The van der Waals surface area contributed by atoms with Crippen LogP contribution in [0.3, 0.4) is 0 Å². The number of nitrogens with zero attached hydrogens (tertiary/aromatic N) is 1. The van der Waals surface area contributed by atoms with Crippen LogP contribution < -0.4 is 10.0 Å². The lowest BCUT2D eigenvalue weighted by atomic mass is 10.0. The molecule has 1 aliphatic rings. The van der Waals surface area contributed by atoms with Gasteiger partial charge in [0.05, 0.1) is 15.4 Å². The molecule has 0 spiro atoms. The SMILES string of the molecule is O=S(=O)(NC1CC1)c1cccc(-c2ccc3nccc(Nc4ccc(F)c(Cl)c4)c3c2)c1. The molecule has 1 saturated carbocycles. The first-order valence-electron chi connectivity index (χ1n) is 10.1. The largest absolute Gasteiger partial charge is 0.355 e. The second kappa shape index (κ2) is 8.16. The number of pyridine rings is 1. The number of hydrogen-bond acceptors (Lipinski definition) is 4. The van der Waals surface area contributed by atoms with Crippen LogP contribution in [0.4, 0.5) is 15.8 Å². The summed E-state index contributed by atoms with van der Waals surface area (Å²) in [7, 11) is -3.54. The third-order valence-electron chi connectivity index (χ3n) is 5.32. The number of benzene rings is 3. The first-order chi connectivity index (χ1) is 15.4. The summed E-state index contributed by atoms with van der Waals surface area (Å²) >= 11 is 5.91. The summed E-state index contributed by atoms with van der Waals surface area (Å²) in [5.74, 6) is -0.481. The average molecular weight is 468 g/mol. The number of rotatable bonds is 6. The normalized spacial score (nSPS) is 13.9. The van der Waals surface area contributed by atoms with Gasteiger partial charge in [-0.2, -0.15) is 0 Å². The maximum Gasteiger partial charge on any atom is 0.240 e. The highest BCUT2D eigenvalue weighted by Crippen LogP contribution is 2.32. The number of hydrogen-bond donors (Lipinski definition) is 2. The van der Waals surface area contributed by atoms with E-state index < -0.39 is 15.8 Å². The maximum absolute atomic E-state index is 13.5. The van der Waals surface area contributed by atoms with E-state index in [1.54, 1.807) is 30.5 Å². The highest BCUT2D eigenvalue weighted by molar-refractivity contribution is 7.89. The van der Waals surface area contributed by atoms with Gasteiger partial charge in [0.1, 0.15) is 5.82 Å². The quantitative estimate of drug-likeness (QED) is 0.371. The molecule has 1 fully saturated rings. The van der Waals surface area contributed by atoms with Crippen LogP contribution in [0.2, 0.25) is 5.02 Å². The lowest BCUT2D eigenvalue weighted by Gasteiger charge is -2.12. The van der Waals surface area contributed by atoms with Gasteiger partial charge in [-0.3, -0.25) is 4.98 Å². The van der Waals surface area contributed by atoms with E-state index in [9.17, 15) is 12.8 Å². The van der Waals surface area contributed by atoms with Gasteiger partial charge in [-0.05, 0) is 72.5 Å². The number of anilines is 2. The van der Waals surface area contributed by atoms with E-state index in [0.29, 0.717) is 5.69 Å². The molecule has 0 aliphatic heterocycles. The van der Waals surface area contributed by atoms with Crippen molar-refractivity contribution in [2.75, 3.05) is 5.32 Å². The molecule has 5 rings (SSSR count). The van der Waals surface area contributed by atoms with E-state index in [0.717, 1.165) is 40.6 Å². The van der Waals surface area contributed by atoms with Crippen molar-refractivity contribution in [2.45, 2.75) is 23.8 Å². The van der Waals surface area contributed by atoms with Gasteiger partial charge in [-0.1, -0.05) is 29.8 Å². The molecule has 2 N–H and O–H groups in total. The molecular weight excluding hydrogens is 449 g/mol. The molecule has 0 atom stereocenters. The molecule has 0 amide bonds. The van der Waals surface area contributed by atoms with Gasteiger partial charge in [-0.15, -0.1) is 0 Å². The highest BCUT2D eigenvalue weighted by Gasteiger charge is 2.28. The molecule has 162 valence electrons. The predicted molar refractivity (Wildman–Crippen MR) is 125 cm³/mol. The second-order valence-electron chi connectivity index (χ2n) is 7.77. The number of halogens is 2. The summed E-state index contributed by atoms with van der Waals surface area (Å²) in [5.41, 5.74) is 3.83. The number of fused-ring (bicyclic) bond motifs is 1. The first kappa shape index (κ1) is 20.9. The van der Waals surface area contributed by atoms with E-state index in [2.05, 4.69) is 15.0 Å². The van der Waals surface area contributed by atoms with Crippen molar-refractivity contribution in [1.82, 2.24) is 9.71 Å². The van der Waals surface area contributed by atoms with Crippen LogP contribution in [0.1, 0.15) is 12.8 Å². The maximum atomic E-state index is 13.5. The number of sulfonamides is 1. The van der Waals surface area contributed by atoms with Gasteiger partial charge < -0.3 is 5.32 Å². The molecule has 3 aromatic carbocycles. The molecule has 0 radical (unpaired) electrons. The summed E-state index contributed by atoms with van der Waals surface area (Å²) in [4.78, 5) is 4.66. The molecule has 0 saturated heterocycles. The molecule has 4 aromatic rings. The van der Waals surface area contributed by atoms with Gasteiger partial charge >= 0.3 is 0 Å². The van der Waals surface area contributed by atoms with Crippen molar-refractivity contribution < 1.29 is 12.8 Å². The van der Waals surface area contributed by atoms with E-state index in [1.165, 1.54) is 12.1 Å². The Balaban J connectivity index is 1.52. The molecular formula is C24H19ClFN3O2S. The van der Waals surface area contributed by atoms with Crippen molar-refractivity contribution in [3.8, 4) is 11.1 Å². The number of aromatic nitrogens is 1. The minimum Gasteiger partial charge on any atom is -0.355 e. The third-order valence-corrected chi connectivity index (χ3v) is 7.12. The van der Waals surface area contributed by atoms with Crippen molar-refractivity contribution in [1.29, 1.82) is 0 Å². The van der Waals surface area contributed by atoms with Gasteiger partial charge in [0, 0.05) is 29.0 Å². The highest BCUT2D eigenvalue weighted by atomic mass is 35.5. The standard InChI is InChI=1S/C24H19ClFN3O2S/c25-21-14-18(7-8-22(21)26)28-24-10-11-27-23-9-4-16(13-20(23)24)15-2-1-3-19(12-15)32(30,31)29-17-5-6-17/h1-4,7-14,17,29H,5-6H2,(H,27,28).